The third-order valence-electron chi connectivity index (χ3n) is 4.05. The third-order valence-corrected chi connectivity index (χ3v) is 4.05. The minimum Gasteiger partial charge on any atom is -0.319 e. The topological polar surface area (TPSA) is 49.4 Å². The van der Waals surface area contributed by atoms with Crippen molar-refractivity contribution in [3.8, 4) is 0 Å². The Morgan fingerprint density at radius 2 is 1.68 bits per heavy atom. The standard InChI is InChI=1S/C18H15F3N2O2/c19-13-8-9-14(17(21)16(13)20)22-18(25)11-4-6-12(7-5-11)23-10-2-1-3-15(23)24/h4-9H,1-3,10H2,(H,22,25). The zero-order valence-corrected chi connectivity index (χ0v) is 13.2. The highest BCUT2D eigenvalue weighted by molar-refractivity contribution is 6.04. The Hall–Kier alpha value is -2.83. The lowest BCUT2D eigenvalue weighted by atomic mass is 10.1. The Balaban J connectivity index is 1.75. The molecule has 2 aromatic carbocycles. The molecule has 0 atom stereocenters. The molecule has 1 saturated heterocycles. The van der Waals surface area contributed by atoms with Crippen LogP contribution in [0.25, 0.3) is 0 Å². The smallest absolute Gasteiger partial charge is 0.255 e. The molecule has 1 heterocycles. The predicted octanol–water partition coefficient (Wildman–Crippen LogP) is 3.87. The van der Waals surface area contributed by atoms with Crippen LogP contribution in [0.4, 0.5) is 24.5 Å². The van der Waals surface area contributed by atoms with Crippen molar-refractivity contribution >= 4 is 23.2 Å². The molecule has 1 fully saturated rings. The molecule has 7 heteroatoms. The molecule has 2 amide bonds. The average Bonchev–Trinajstić information content (AvgIpc) is 2.63. The summed E-state index contributed by atoms with van der Waals surface area (Å²) in [4.78, 5) is 25.7. The molecule has 25 heavy (non-hydrogen) atoms. The highest BCUT2D eigenvalue weighted by Crippen LogP contribution is 2.23. The average molecular weight is 348 g/mol. The predicted molar refractivity (Wildman–Crippen MR) is 86.9 cm³/mol. The molecule has 1 N–H and O–H groups in total. The van der Waals surface area contributed by atoms with Gasteiger partial charge in [0.05, 0.1) is 5.69 Å². The maximum absolute atomic E-state index is 13.6. The molecule has 0 bridgehead atoms. The van der Waals surface area contributed by atoms with E-state index < -0.39 is 29.0 Å². The van der Waals surface area contributed by atoms with E-state index in [0.29, 0.717) is 18.7 Å². The first-order valence-corrected chi connectivity index (χ1v) is 7.82. The molecule has 0 unspecified atom stereocenters. The number of piperidine rings is 1. The second-order valence-electron chi connectivity index (χ2n) is 5.73. The van der Waals surface area contributed by atoms with Crippen molar-refractivity contribution in [3.63, 3.8) is 0 Å². The van der Waals surface area contributed by atoms with Gasteiger partial charge in [-0.25, -0.2) is 13.2 Å². The lowest BCUT2D eigenvalue weighted by Crippen LogP contribution is -2.35. The van der Waals surface area contributed by atoms with Gasteiger partial charge in [-0.15, -0.1) is 0 Å². The highest BCUT2D eigenvalue weighted by Gasteiger charge is 2.20. The Morgan fingerprint density at radius 3 is 2.36 bits per heavy atom. The summed E-state index contributed by atoms with van der Waals surface area (Å²) in [6.07, 6.45) is 2.29. The molecule has 0 spiro atoms. The molecule has 0 saturated carbocycles. The van der Waals surface area contributed by atoms with Gasteiger partial charge in [-0.2, -0.15) is 0 Å². The fourth-order valence-corrected chi connectivity index (χ4v) is 2.69. The van der Waals surface area contributed by atoms with E-state index in [1.54, 1.807) is 17.0 Å². The van der Waals surface area contributed by atoms with Gasteiger partial charge in [0.1, 0.15) is 0 Å². The second-order valence-corrected chi connectivity index (χ2v) is 5.73. The van der Waals surface area contributed by atoms with E-state index >= 15 is 0 Å². The molecule has 0 aromatic heterocycles. The first-order valence-electron chi connectivity index (χ1n) is 7.82. The molecular weight excluding hydrogens is 333 g/mol. The monoisotopic (exact) mass is 348 g/mol. The second kappa shape index (κ2) is 6.96. The normalized spacial score (nSPS) is 14.5. The minimum absolute atomic E-state index is 0.0345. The van der Waals surface area contributed by atoms with E-state index in [2.05, 4.69) is 5.32 Å². The van der Waals surface area contributed by atoms with Crippen LogP contribution in [-0.4, -0.2) is 18.4 Å². The molecule has 0 radical (unpaired) electrons. The van der Waals surface area contributed by atoms with Crippen LogP contribution in [0.3, 0.4) is 0 Å². The Morgan fingerprint density at radius 1 is 0.960 bits per heavy atom. The Labute approximate surface area is 142 Å². The van der Waals surface area contributed by atoms with Crippen molar-refractivity contribution in [1.82, 2.24) is 0 Å². The van der Waals surface area contributed by atoms with Crippen LogP contribution < -0.4 is 10.2 Å². The summed E-state index contributed by atoms with van der Waals surface area (Å²) in [5.41, 5.74) is 0.441. The van der Waals surface area contributed by atoms with Crippen molar-refractivity contribution in [2.24, 2.45) is 0 Å². The third kappa shape index (κ3) is 3.50. The molecule has 1 aliphatic rings. The number of hydrogen-bond donors (Lipinski definition) is 1. The van der Waals surface area contributed by atoms with Crippen molar-refractivity contribution in [2.75, 3.05) is 16.8 Å². The maximum atomic E-state index is 13.6. The number of hydrogen-bond acceptors (Lipinski definition) is 2. The fraction of sp³-hybridized carbons (Fsp3) is 0.222. The first-order chi connectivity index (χ1) is 12.0. The van der Waals surface area contributed by atoms with Gasteiger partial charge in [0.25, 0.3) is 5.91 Å². The van der Waals surface area contributed by atoms with E-state index in [1.807, 2.05) is 0 Å². The summed E-state index contributed by atoms with van der Waals surface area (Å²) in [6, 6.07) is 7.92. The number of carbonyl (C=O) groups is 2. The largest absolute Gasteiger partial charge is 0.319 e. The van der Waals surface area contributed by atoms with Crippen LogP contribution in [0.1, 0.15) is 29.6 Å². The summed E-state index contributed by atoms with van der Waals surface area (Å²) in [6.45, 7) is 0.629. The van der Waals surface area contributed by atoms with Gasteiger partial charge in [-0.3, -0.25) is 9.59 Å². The summed E-state index contributed by atoms with van der Waals surface area (Å²) in [7, 11) is 0. The Kier molecular flexibility index (Phi) is 4.74. The zero-order valence-electron chi connectivity index (χ0n) is 13.2. The minimum atomic E-state index is -1.64. The van der Waals surface area contributed by atoms with Gasteiger partial charge in [0.15, 0.2) is 17.5 Å². The number of rotatable bonds is 3. The van der Waals surface area contributed by atoms with Crippen LogP contribution in [0.2, 0.25) is 0 Å². The first kappa shape index (κ1) is 17.0. The molecule has 0 aliphatic carbocycles. The number of nitrogens with zero attached hydrogens (tertiary/aromatic N) is 1. The number of anilines is 2. The number of benzene rings is 2. The molecule has 2 aromatic rings. The van der Waals surface area contributed by atoms with E-state index in [1.165, 1.54) is 12.1 Å². The molecule has 1 aliphatic heterocycles. The summed E-state index contributed by atoms with van der Waals surface area (Å²) >= 11 is 0. The van der Waals surface area contributed by atoms with Crippen LogP contribution in [0.15, 0.2) is 36.4 Å². The van der Waals surface area contributed by atoms with Crippen molar-refractivity contribution in [3.05, 3.63) is 59.4 Å². The van der Waals surface area contributed by atoms with E-state index in [4.69, 9.17) is 0 Å². The number of halogens is 3. The van der Waals surface area contributed by atoms with Gasteiger partial charge in [-0.05, 0) is 49.2 Å². The number of carbonyl (C=O) groups excluding carboxylic acids is 2. The number of amides is 2. The SMILES string of the molecule is O=C(Nc1ccc(F)c(F)c1F)c1ccc(N2CCCCC2=O)cc1. The van der Waals surface area contributed by atoms with E-state index in [0.717, 1.165) is 25.0 Å². The van der Waals surface area contributed by atoms with Gasteiger partial charge in [-0.1, -0.05) is 0 Å². The number of nitrogens with one attached hydrogen (secondary N) is 1. The lowest BCUT2D eigenvalue weighted by Gasteiger charge is -2.26. The van der Waals surface area contributed by atoms with Gasteiger partial charge in [0, 0.05) is 24.2 Å². The van der Waals surface area contributed by atoms with Crippen molar-refractivity contribution < 1.29 is 22.8 Å². The van der Waals surface area contributed by atoms with Crippen molar-refractivity contribution in [2.45, 2.75) is 19.3 Å². The Bertz CT molecular complexity index is 822. The van der Waals surface area contributed by atoms with Crippen molar-refractivity contribution in [1.29, 1.82) is 0 Å². The highest BCUT2D eigenvalue weighted by atomic mass is 19.2. The van der Waals surface area contributed by atoms with Gasteiger partial charge >= 0.3 is 0 Å². The summed E-state index contributed by atoms with van der Waals surface area (Å²) in [5, 5.41) is 2.20. The summed E-state index contributed by atoms with van der Waals surface area (Å²) < 4.78 is 39.7. The lowest BCUT2D eigenvalue weighted by molar-refractivity contribution is -0.119. The van der Waals surface area contributed by atoms with E-state index in [-0.39, 0.29) is 11.5 Å². The molecule has 4 nitrogen and oxygen atoms in total. The fourth-order valence-electron chi connectivity index (χ4n) is 2.69. The zero-order chi connectivity index (χ0) is 18.0. The van der Waals surface area contributed by atoms with Crippen LogP contribution in [0.5, 0.6) is 0 Å². The molecule has 130 valence electrons. The maximum Gasteiger partial charge on any atom is 0.255 e. The van der Waals surface area contributed by atoms with Crippen LogP contribution >= 0.6 is 0 Å². The molecule has 3 rings (SSSR count). The van der Waals surface area contributed by atoms with Crippen LogP contribution in [0, 0.1) is 17.5 Å². The van der Waals surface area contributed by atoms with Crippen LogP contribution in [-0.2, 0) is 4.79 Å². The van der Waals surface area contributed by atoms with E-state index in [9.17, 15) is 22.8 Å². The van der Waals surface area contributed by atoms with Gasteiger partial charge < -0.3 is 10.2 Å². The van der Waals surface area contributed by atoms with Gasteiger partial charge in [0.2, 0.25) is 5.91 Å². The summed E-state index contributed by atoms with van der Waals surface area (Å²) in [5.74, 6) is -5.06. The molecular formula is C18H15F3N2O2. The quantitative estimate of drug-likeness (QED) is 0.856.